The first-order valence-electron chi connectivity index (χ1n) is 8.39. The van der Waals surface area contributed by atoms with Crippen LogP contribution >= 0.6 is 11.3 Å². The van der Waals surface area contributed by atoms with Gasteiger partial charge >= 0.3 is 0 Å². The van der Waals surface area contributed by atoms with E-state index in [9.17, 15) is 9.50 Å². The van der Waals surface area contributed by atoms with Gasteiger partial charge in [-0.05, 0) is 25.3 Å². The Kier molecular flexibility index (Phi) is 3.29. The molecule has 2 N–H and O–H groups in total. The van der Waals surface area contributed by atoms with E-state index in [-0.39, 0.29) is 0 Å². The van der Waals surface area contributed by atoms with Crippen LogP contribution in [0, 0.1) is 5.82 Å². The van der Waals surface area contributed by atoms with E-state index in [1.165, 1.54) is 17.5 Å². The fourth-order valence-electron chi connectivity index (χ4n) is 3.35. The number of hydrogen-bond donors (Lipinski definition) is 2. The molecule has 1 fully saturated rings. The molecule has 0 saturated heterocycles. The minimum Gasteiger partial charge on any atom is -0.383 e. The van der Waals surface area contributed by atoms with Gasteiger partial charge in [-0.2, -0.15) is 5.10 Å². The molecule has 4 aromatic rings. The number of aromatic amines is 1. The zero-order valence-corrected chi connectivity index (χ0v) is 14.8. The van der Waals surface area contributed by atoms with Crippen LogP contribution in [0.5, 0.6) is 0 Å². The predicted octanol–water partition coefficient (Wildman–Crippen LogP) is 3.60. The average molecular weight is 369 g/mol. The fourth-order valence-corrected chi connectivity index (χ4v) is 4.47. The van der Waals surface area contributed by atoms with Gasteiger partial charge in [-0.15, -0.1) is 11.3 Å². The first kappa shape index (κ1) is 15.7. The number of nitrogens with zero attached hydrogens (tertiary/aromatic N) is 4. The third kappa shape index (κ3) is 2.29. The van der Waals surface area contributed by atoms with E-state index in [0.29, 0.717) is 39.3 Å². The summed E-state index contributed by atoms with van der Waals surface area (Å²) in [5.41, 5.74) is 1.97. The van der Waals surface area contributed by atoms with Crippen LogP contribution in [-0.4, -0.2) is 29.8 Å². The summed E-state index contributed by atoms with van der Waals surface area (Å²) in [5.74, 6) is -0.398. The number of nitrogens with one attached hydrogen (secondary N) is 1. The first-order chi connectivity index (χ1) is 12.5. The summed E-state index contributed by atoms with van der Waals surface area (Å²) < 4.78 is 16.4. The summed E-state index contributed by atoms with van der Waals surface area (Å²) in [6, 6.07) is 1.88. The first-order valence-corrected chi connectivity index (χ1v) is 9.20. The van der Waals surface area contributed by atoms with Crippen molar-refractivity contribution in [2.75, 3.05) is 0 Å². The van der Waals surface area contributed by atoms with Crippen LogP contribution in [0.2, 0.25) is 0 Å². The van der Waals surface area contributed by atoms with Gasteiger partial charge in [0.05, 0.1) is 23.0 Å². The molecule has 5 rings (SSSR count). The quantitative estimate of drug-likeness (QED) is 0.578. The van der Waals surface area contributed by atoms with E-state index < -0.39 is 11.4 Å². The summed E-state index contributed by atoms with van der Waals surface area (Å²) in [6.45, 7) is 0. The summed E-state index contributed by atoms with van der Waals surface area (Å²) in [7, 11) is 1.85. The molecular weight excluding hydrogens is 353 g/mol. The Morgan fingerprint density at radius 3 is 2.81 bits per heavy atom. The third-order valence-electron chi connectivity index (χ3n) is 4.96. The molecule has 1 aliphatic rings. The second-order valence-electron chi connectivity index (χ2n) is 6.74. The highest BCUT2D eigenvalue weighted by atomic mass is 32.1. The van der Waals surface area contributed by atoms with Crippen LogP contribution in [0.4, 0.5) is 4.39 Å². The Morgan fingerprint density at radius 2 is 2.12 bits per heavy atom. The molecule has 0 spiro atoms. The molecule has 0 bridgehead atoms. The van der Waals surface area contributed by atoms with Crippen LogP contribution < -0.4 is 0 Å². The van der Waals surface area contributed by atoms with Crippen LogP contribution in [-0.2, 0) is 12.6 Å². The Bertz CT molecular complexity index is 1120. The van der Waals surface area contributed by atoms with Crippen molar-refractivity contribution in [1.82, 2.24) is 24.7 Å². The number of H-pyrrole nitrogens is 1. The Labute approximate surface area is 152 Å². The van der Waals surface area contributed by atoms with Crippen molar-refractivity contribution in [1.29, 1.82) is 0 Å². The SMILES string of the molecule is Cn1cc(-c2cc3c(-c4cnc(C5(O)CCC5)s4)c(F)cnc3[nH]2)cn1. The molecular formula is C18H16FN5OS. The average Bonchev–Trinajstić information content (AvgIpc) is 3.31. The van der Waals surface area contributed by atoms with Crippen LogP contribution in [0.25, 0.3) is 32.7 Å². The molecule has 4 aromatic heterocycles. The molecule has 132 valence electrons. The van der Waals surface area contributed by atoms with E-state index in [2.05, 4.69) is 20.1 Å². The Morgan fingerprint density at radius 1 is 1.27 bits per heavy atom. The third-order valence-corrected chi connectivity index (χ3v) is 6.17. The molecule has 26 heavy (non-hydrogen) atoms. The number of aromatic nitrogens is 5. The summed E-state index contributed by atoms with van der Waals surface area (Å²) in [4.78, 5) is 12.5. The number of pyridine rings is 1. The molecule has 0 aliphatic heterocycles. The number of aliphatic hydroxyl groups is 1. The topological polar surface area (TPSA) is 79.6 Å². The highest BCUT2D eigenvalue weighted by Crippen LogP contribution is 2.45. The summed E-state index contributed by atoms with van der Waals surface area (Å²) in [5, 5.41) is 16.0. The standard InChI is InChI=1S/C18H16FN5OS/c1-24-9-10(6-22-24)13-5-11-15(12(19)7-20-16(11)23-13)14-8-21-17(26-14)18(25)3-2-4-18/h5-9,25H,2-4H2,1H3,(H,20,23). The minimum absolute atomic E-state index is 0.398. The van der Waals surface area contributed by atoms with Crippen molar-refractivity contribution in [2.24, 2.45) is 7.05 Å². The highest BCUT2D eigenvalue weighted by molar-refractivity contribution is 7.15. The number of halogens is 1. The molecule has 4 heterocycles. The molecule has 8 heteroatoms. The normalized spacial score (nSPS) is 16.1. The highest BCUT2D eigenvalue weighted by Gasteiger charge is 2.39. The van der Waals surface area contributed by atoms with Crippen molar-refractivity contribution in [3.63, 3.8) is 0 Å². The number of fused-ring (bicyclic) bond motifs is 1. The van der Waals surface area contributed by atoms with E-state index in [0.717, 1.165) is 17.7 Å². The lowest BCUT2D eigenvalue weighted by atomic mass is 9.81. The van der Waals surface area contributed by atoms with Crippen molar-refractivity contribution in [3.05, 3.63) is 41.7 Å². The number of thiazole rings is 1. The van der Waals surface area contributed by atoms with Gasteiger partial charge in [-0.1, -0.05) is 0 Å². The molecule has 0 radical (unpaired) electrons. The number of hydrogen-bond acceptors (Lipinski definition) is 5. The van der Waals surface area contributed by atoms with Gasteiger partial charge in [0.25, 0.3) is 0 Å². The van der Waals surface area contributed by atoms with Gasteiger partial charge in [-0.3, -0.25) is 4.68 Å². The van der Waals surface area contributed by atoms with Crippen LogP contribution in [0.3, 0.4) is 0 Å². The summed E-state index contributed by atoms with van der Waals surface area (Å²) in [6.07, 6.45) is 8.91. The molecule has 0 unspecified atom stereocenters. The second-order valence-corrected chi connectivity index (χ2v) is 7.77. The van der Waals surface area contributed by atoms with E-state index in [1.54, 1.807) is 17.1 Å². The molecule has 1 saturated carbocycles. The summed E-state index contributed by atoms with van der Waals surface area (Å²) >= 11 is 1.35. The Hall–Kier alpha value is -2.58. The lowest BCUT2D eigenvalue weighted by Gasteiger charge is -2.34. The lowest BCUT2D eigenvalue weighted by molar-refractivity contribution is -0.0389. The zero-order chi connectivity index (χ0) is 17.9. The molecule has 6 nitrogen and oxygen atoms in total. The van der Waals surface area contributed by atoms with E-state index in [1.807, 2.05) is 19.3 Å². The predicted molar refractivity (Wildman–Crippen MR) is 97.1 cm³/mol. The van der Waals surface area contributed by atoms with Crippen molar-refractivity contribution >= 4 is 22.4 Å². The van der Waals surface area contributed by atoms with Crippen molar-refractivity contribution in [2.45, 2.75) is 24.9 Å². The van der Waals surface area contributed by atoms with E-state index >= 15 is 0 Å². The van der Waals surface area contributed by atoms with Crippen molar-refractivity contribution in [3.8, 4) is 21.7 Å². The Balaban J connectivity index is 1.65. The van der Waals surface area contributed by atoms with Crippen LogP contribution in [0.15, 0.2) is 30.9 Å². The molecule has 0 amide bonds. The van der Waals surface area contributed by atoms with Gasteiger partial charge in [0, 0.05) is 36.0 Å². The molecule has 1 aliphatic carbocycles. The maximum atomic E-state index is 14.6. The van der Waals surface area contributed by atoms with Gasteiger partial charge in [-0.25, -0.2) is 14.4 Å². The van der Waals surface area contributed by atoms with Crippen LogP contribution in [0.1, 0.15) is 24.3 Å². The maximum Gasteiger partial charge on any atom is 0.150 e. The van der Waals surface area contributed by atoms with E-state index in [4.69, 9.17) is 0 Å². The lowest BCUT2D eigenvalue weighted by Crippen LogP contribution is -2.33. The minimum atomic E-state index is -0.843. The fraction of sp³-hybridized carbons (Fsp3) is 0.278. The van der Waals surface area contributed by atoms with Gasteiger partial charge in [0.15, 0.2) is 5.82 Å². The largest absolute Gasteiger partial charge is 0.383 e. The van der Waals surface area contributed by atoms with Gasteiger partial charge < -0.3 is 10.1 Å². The number of aryl methyl sites for hydroxylation is 1. The second kappa shape index (κ2) is 5.46. The van der Waals surface area contributed by atoms with Gasteiger partial charge in [0.2, 0.25) is 0 Å². The van der Waals surface area contributed by atoms with Crippen molar-refractivity contribution < 1.29 is 9.50 Å². The molecule has 0 aromatic carbocycles. The number of rotatable bonds is 3. The smallest absolute Gasteiger partial charge is 0.150 e. The monoisotopic (exact) mass is 369 g/mol. The maximum absolute atomic E-state index is 14.6. The molecule has 0 atom stereocenters. The van der Waals surface area contributed by atoms with Gasteiger partial charge in [0.1, 0.15) is 16.3 Å². The zero-order valence-electron chi connectivity index (χ0n) is 14.0.